The van der Waals surface area contributed by atoms with Gasteiger partial charge in [0.25, 0.3) is 0 Å². The summed E-state index contributed by atoms with van der Waals surface area (Å²) in [6.07, 6.45) is 6.56. The second kappa shape index (κ2) is 8.67. The molecule has 4 rings (SSSR count). The molecule has 0 aromatic heterocycles. The highest BCUT2D eigenvalue weighted by molar-refractivity contribution is 5.82. The van der Waals surface area contributed by atoms with Gasteiger partial charge in [0.05, 0.1) is 6.54 Å². The molecule has 4 atom stereocenters. The maximum atomic E-state index is 12.1. The molecule has 3 heteroatoms. The quantitative estimate of drug-likeness (QED) is 0.700. The van der Waals surface area contributed by atoms with Crippen LogP contribution in [0.4, 0.5) is 0 Å². The lowest BCUT2D eigenvalue weighted by atomic mass is 9.86. The van der Waals surface area contributed by atoms with Crippen molar-refractivity contribution in [3.8, 4) is 0 Å². The molecule has 3 nitrogen and oxygen atoms in total. The summed E-state index contributed by atoms with van der Waals surface area (Å²) in [5.41, 5.74) is 3.01. The van der Waals surface area contributed by atoms with E-state index in [1.54, 1.807) is 0 Å². The number of hydrogen-bond donors (Lipinski definition) is 0. The van der Waals surface area contributed by atoms with Crippen molar-refractivity contribution in [3.05, 3.63) is 35.4 Å². The number of carbonyl (C=O) groups excluding carboxylic acids is 1. The van der Waals surface area contributed by atoms with Crippen molar-refractivity contribution in [3.63, 3.8) is 0 Å². The molecule has 0 N–H and O–H groups in total. The molecular weight excluding hydrogens is 344 g/mol. The van der Waals surface area contributed by atoms with Crippen LogP contribution in [0.15, 0.2) is 24.3 Å². The Hall–Kier alpha value is -1.19. The molecule has 1 saturated carbocycles. The Morgan fingerprint density at radius 2 is 1.89 bits per heavy atom. The van der Waals surface area contributed by atoms with Crippen molar-refractivity contribution in [2.24, 2.45) is 17.8 Å². The number of hydrogen-bond acceptors (Lipinski definition) is 3. The lowest BCUT2D eigenvalue weighted by molar-refractivity contribution is -0.122. The van der Waals surface area contributed by atoms with Crippen LogP contribution in [0.5, 0.6) is 0 Å². The molecule has 4 unspecified atom stereocenters. The third kappa shape index (κ3) is 4.36. The normalized spacial score (nSPS) is 31.0. The molecule has 2 aliphatic heterocycles. The topological polar surface area (TPSA) is 23.6 Å². The van der Waals surface area contributed by atoms with Gasteiger partial charge >= 0.3 is 0 Å². The van der Waals surface area contributed by atoms with Crippen molar-refractivity contribution < 1.29 is 4.79 Å². The van der Waals surface area contributed by atoms with E-state index in [-0.39, 0.29) is 5.92 Å². The van der Waals surface area contributed by atoms with Crippen molar-refractivity contribution >= 4 is 5.78 Å². The third-order valence-corrected chi connectivity index (χ3v) is 7.74. The predicted molar refractivity (Wildman–Crippen MR) is 116 cm³/mol. The Morgan fingerprint density at radius 3 is 2.57 bits per heavy atom. The minimum atomic E-state index is 0.160. The SMILES string of the molecule is CC(C)C(=O)CN1CC2CCC(c3ccc(CCN4CCCC4C)cc3)C2C1. The maximum absolute atomic E-state index is 12.1. The standard InChI is InChI=1S/C25H38N2O/c1-18(2)25(28)17-26-15-22-10-11-23(24(22)16-26)21-8-6-20(7-9-21)12-14-27-13-4-5-19(27)3/h6-9,18-19,22-24H,4-5,10-17H2,1-3H3. The fourth-order valence-corrected chi connectivity index (χ4v) is 5.83. The third-order valence-electron chi connectivity index (χ3n) is 7.74. The number of rotatable bonds is 7. The van der Waals surface area contributed by atoms with E-state index in [0.29, 0.717) is 18.2 Å². The zero-order valence-electron chi connectivity index (χ0n) is 18.1. The Bertz CT molecular complexity index is 668. The first kappa shape index (κ1) is 20.1. The van der Waals surface area contributed by atoms with E-state index >= 15 is 0 Å². The molecule has 2 heterocycles. The van der Waals surface area contributed by atoms with E-state index < -0.39 is 0 Å². The zero-order chi connectivity index (χ0) is 19.7. The molecule has 0 amide bonds. The highest BCUT2D eigenvalue weighted by Crippen LogP contribution is 2.47. The molecule has 3 fully saturated rings. The van der Waals surface area contributed by atoms with Gasteiger partial charge in [0.15, 0.2) is 0 Å². The molecule has 3 aliphatic rings. The molecule has 1 aromatic rings. The van der Waals surface area contributed by atoms with Crippen LogP contribution in [-0.2, 0) is 11.2 Å². The summed E-state index contributed by atoms with van der Waals surface area (Å²) in [5.74, 6) is 2.79. The fraction of sp³-hybridized carbons (Fsp3) is 0.720. The summed E-state index contributed by atoms with van der Waals surface area (Å²) in [6.45, 7) is 11.8. The van der Waals surface area contributed by atoms with Gasteiger partial charge in [0.2, 0.25) is 0 Å². The van der Waals surface area contributed by atoms with Gasteiger partial charge < -0.3 is 4.90 Å². The van der Waals surface area contributed by atoms with Crippen LogP contribution in [0, 0.1) is 17.8 Å². The van der Waals surface area contributed by atoms with Crippen molar-refractivity contribution in [2.75, 3.05) is 32.7 Å². The van der Waals surface area contributed by atoms with Gasteiger partial charge in [-0.1, -0.05) is 38.1 Å². The summed E-state index contributed by atoms with van der Waals surface area (Å²) in [7, 11) is 0. The van der Waals surface area contributed by atoms with Crippen LogP contribution < -0.4 is 0 Å². The zero-order valence-corrected chi connectivity index (χ0v) is 18.1. The van der Waals surface area contributed by atoms with E-state index in [0.717, 1.165) is 31.0 Å². The molecule has 0 radical (unpaired) electrons. The first-order valence-electron chi connectivity index (χ1n) is 11.6. The maximum Gasteiger partial charge on any atom is 0.149 e. The van der Waals surface area contributed by atoms with Crippen LogP contribution in [0.2, 0.25) is 0 Å². The average Bonchev–Trinajstić information content (AvgIpc) is 3.36. The molecular formula is C25H38N2O. The number of nitrogens with zero attached hydrogens (tertiary/aromatic N) is 2. The lowest BCUT2D eigenvalue weighted by Crippen LogP contribution is -2.31. The predicted octanol–water partition coefficient (Wildman–Crippen LogP) is 4.36. The Balaban J connectivity index is 1.32. The first-order chi connectivity index (χ1) is 13.5. The fourth-order valence-electron chi connectivity index (χ4n) is 5.83. The van der Waals surface area contributed by atoms with Gasteiger partial charge in [-0.25, -0.2) is 0 Å². The highest BCUT2D eigenvalue weighted by atomic mass is 16.1. The average molecular weight is 383 g/mol. The second-order valence-electron chi connectivity index (χ2n) is 9.94. The van der Waals surface area contributed by atoms with Crippen molar-refractivity contribution in [1.29, 1.82) is 0 Å². The molecule has 1 aliphatic carbocycles. The number of likely N-dealkylation sites (tertiary alicyclic amines) is 2. The van der Waals surface area contributed by atoms with Gasteiger partial charge in [-0.15, -0.1) is 0 Å². The van der Waals surface area contributed by atoms with Crippen LogP contribution in [0.3, 0.4) is 0 Å². The van der Waals surface area contributed by atoms with Gasteiger partial charge in [0, 0.05) is 31.6 Å². The Labute approximate surface area is 171 Å². The van der Waals surface area contributed by atoms with E-state index in [4.69, 9.17) is 0 Å². The van der Waals surface area contributed by atoms with Crippen molar-refractivity contribution in [2.45, 2.75) is 64.8 Å². The van der Waals surface area contributed by atoms with E-state index in [9.17, 15) is 4.79 Å². The van der Waals surface area contributed by atoms with E-state index in [1.807, 2.05) is 13.8 Å². The minimum absolute atomic E-state index is 0.160. The van der Waals surface area contributed by atoms with Crippen LogP contribution in [0.25, 0.3) is 0 Å². The number of benzene rings is 1. The molecule has 0 spiro atoms. The monoisotopic (exact) mass is 382 g/mol. The second-order valence-corrected chi connectivity index (χ2v) is 9.94. The molecule has 2 saturated heterocycles. The smallest absolute Gasteiger partial charge is 0.149 e. The van der Waals surface area contributed by atoms with Crippen LogP contribution in [-0.4, -0.2) is 54.3 Å². The number of fused-ring (bicyclic) bond motifs is 1. The molecule has 28 heavy (non-hydrogen) atoms. The Morgan fingerprint density at radius 1 is 1.11 bits per heavy atom. The summed E-state index contributed by atoms with van der Waals surface area (Å²) in [4.78, 5) is 17.2. The first-order valence-corrected chi connectivity index (χ1v) is 11.6. The lowest BCUT2D eigenvalue weighted by Gasteiger charge is -2.22. The number of Topliss-reactive ketones (excluding diaryl/α,β-unsaturated/α-hetero) is 1. The van der Waals surface area contributed by atoms with E-state index in [1.165, 1.54) is 56.3 Å². The molecule has 154 valence electrons. The number of ketones is 1. The van der Waals surface area contributed by atoms with Crippen LogP contribution in [0.1, 0.15) is 63.5 Å². The summed E-state index contributed by atoms with van der Waals surface area (Å²) in [6, 6.07) is 10.3. The van der Waals surface area contributed by atoms with Crippen molar-refractivity contribution in [1.82, 2.24) is 9.80 Å². The van der Waals surface area contributed by atoms with E-state index in [2.05, 4.69) is 41.0 Å². The summed E-state index contributed by atoms with van der Waals surface area (Å²) < 4.78 is 0. The summed E-state index contributed by atoms with van der Waals surface area (Å²) >= 11 is 0. The van der Waals surface area contributed by atoms with Gasteiger partial charge in [-0.05, 0) is 74.5 Å². The minimum Gasteiger partial charge on any atom is -0.300 e. The Kier molecular flexibility index (Phi) is 6.22. The highest BCUT2D eigenvalue weighted by Gasteiger charge is 2.43. The molecule has 0 bridgehead atoms. The summed E-state index contributed by atoms with van der Waals surface area (Å²) in [5, 5.41) is 0. The van der Waals surface area contributed by atoms with Gasteiger partial charge in [0.1, 0.15) is 5.78 Å². The number of carbonyl (C=O) groups is 1. The van der Waals surface area contributed by atoms with Gasteiger partial charge in [-0.3, -0.25) is 9.69 Å². The van der Waals surface area contributed by atoms with Crippen LogP contribution >= 0.6 is 0 Å². The van der Waals surface area contributed by atoms with Gasteiger partial charge in [-0.2, -0.15) is 0 Å². The molecule has 1 aromatic carbocycles. The largest absolute Gasteiger partial charge is 0.300 e.